The summed E-state index contributed by atoms with van der Waals surface area (Å²) in [5, 5.41) is 9.40. The Morgan fingerprint density at radius 2 is 0.966 bits per heavy atom. The largest absolute Gasteiger partial charge is 0.309 e. The Morgan fingerprint density at radius 1 is 0.345 bits per heavy atom. The summed E-state index contributed by atoms with van der Waals surface area (Å²) in [6, 6.07) is 66.1. The summed E-state index contributed by atoms with van der Waals surface area (Å²) >= 11 is 0. The molecule has 0 spiro atoms. The van der Waals surface area contributed by atoms with Crippen LogP contribution in [0.1, 0.15) is 0 Å². The van der Waals surface area contributed by atoms with Crippen LogP contribution in [0.2, 0.25) is 0 Å². The van der Waals surface area contributed by atoms with Gasteiger partial charge in [-0.3, -0.25) is 4.57 Å². The molecule has 0 radical (unpaired) electrons. The lowest BCUT2D eigenvalue weighted by Gasteiger charge is -2.14. The van der Waals surface area contributed by atoms with E-state index < -0.39 is 0 Å². The van der Waals surface area contributed by atoms with Crippen LogP contribution in [-0.2, 0) is 0 Å². The number of rotatable bonds is 5. The van der Waals surface area contributed by atoms with Crippen molar-refractivity contribution in [3.05, 3.63) is 194 Å². The summed E-state index contributed by atoms with van der Waals surface area (Å²) in [5.74, 6) is 2.77. The second-order valence-corrected chi connectivity index (χ2v) is 14.7. The van der Waals surface area contributed by atoms with Gasteiger partial charge in [-0.15, -0.1) is 0 Å². The van der Waals surface area contributed by atoms with Crippen LogP contribution >= 0.6 is 0 Å². The standard InChI is InChI=1S/C52H32N6/c1-3-16-34(17-4-1)50-54-51(35-18-5-2-6-19-35)56-52(55-50)42-30-37(29-36-20-8-9-21-38(36)42)57-44-24-12-11-23-40(44)41-31-43-47(32-46(41)57)58(48-25-13-14-28-53-48)45-27-26-33-15-7-10-22-39(33)49(43)45/h1-32H. The Hall–Kier alpha value is -7.96. The minimum Gasteiger partial charge on any atom is -0.309 e. The first-order chi connectivity index (χ1) is 28.8. The predicted octanol–water partition coefficient (Wildman–Crippen LogP) is 12.8. The molecule has 8 aromatic carbocycles. The molecule has 0 N–H and O–H groups in total. The first-order valence-electron chi connectivity index (χ1n) is 19.5. The second-order valence-electron chi connectivity index (χ2n) is 14.7. The van der Waals surface area contributed by atoms with Crippen LogP contribution < -0.4 is 0 Å². The van der Waals surface area contributed by atoms with Gasteiger partial charge >= 0.3 is 0 Å². The molecule has 0 fully saturated rings. The van der Waals surface area contributed by atoms with Crippen molar-refractivity contribution in [3.63, 3.8) is 0 Å². The number of pyridine rings is 1. The van der Waals surface area contributed by atoms with Crippen LogP contribution in [0.3, 0.4) is 0 Å². The van der Waals surface area contributed by atoms with Crippen molar-refractivity contribution in [3.8, 4) is 45.7 Å². The average molecular weight is 741 g/mol. The van der Waals surface area contributed by atoms with Gasteiger partial charge in [0, 0.05) is 50.1 Å². The van der Waals surface area contributed by atoms with Crippen molar-refractivity contribution >= 4 is 65.2 Å². The van der Waals surface area contributed by atoms with Gasteiger partial charge in [0.25, 0.3) is 0 Å². The van der Waals surface area contributed by atoms with E-state index >= 15 is 0 Å². The second kappa shape index (κ2) is 12.8. The van der Waals surface area contributed by atoms with Crippen LogP contribution in [0.5, 0.6) is 0 Å². The number of hydrogen-bond acceptors (Lipinski definition) is 4. The third-order valence-corrected chi connectivity index (χ3v) is 11.4. The molecule has 12 rings (SSSR count). The molecule has 0 bridgehead atoms. The maximum absolute atomic E-state index is 5.19. The van der Waals surface area contributed by atoms with E-state index in [0.717, 1.165) is 61.0 Å². The summed E-state index contributed by atoms with van der Waals surface area (Å²) in [4.78, 5) is 20.3. The quantitative estimate of drug-likeness (QED) is 0.176. The van der Waals surface area contributed by atoms with E-state index in [4.69, 9.17) is 19.9 Å². The first kappa shape index (κ1) is 32.3. The summed E-state index contributed by atoms with van der Waals surface area (Å²) in [7, 11) is 0. The highest BCUT2D eigenvalue weighted by Gasteiger charge is 2.22. The minimum atomic E-state index is 0.621. The third kappa shape index (κ3) is 4.98. The van der Waals surface area contributed by atoms with Crippen LogP contribution in [0.4, 0.5) is 0 Å². The fourth-order valence-electron chi connectivity index (χ4n) is 8.80. The molecule has 6 nitrogen and oxygen atoms in total. The van der Waals surface area contributed by atoms with Crippen molar-refractivity contribution in [2.75, 3.05) is 0 Å². The maximum Gasteiger partial charge on any atom is 0.164 e. The zero-order valence-corrected chi connectivity index (χ0v) is 31.2. The van der Waals surface area contributed by atoms with Crippen molar-refractivity contribution in [2.45, 2.75) is 0 Å². The maximum atomic E-state index is 5.19. The highest BCUT2D eigenvalue weighted by atomic mass is 15.1. The van der Waals surface area contributed by atoms with Crippen molar-refractivity contribution in [1.29, 1.82) is 0 Å². The molecule has 270 valence electrons. The van der Waals surface area contributed by atoms with Gasteiger partial charge in [-0.2, -0.15) is 0 Å². The highest BCUT2D eigenvalue weighted by Crippen LogP contribution is 2.42. The number of fused-ring (bicyclic) bond motifs is 9. The van der Waals surface area contributed by atoms with E-state index in [-0.39, 0.29) is 0 Å². The topological polar surface area (TPSA) is 61.4 Å². The van der Waals surface area contributed by atoms with Gasteiger partial charge < -0.3 is 4.57 Å². The van der Waals surface area contributed by atoms with Gasteiger partial charge in [-0.05, 0) is 70.1 Å². The molecule has 0 aliphatic heterocycles. The van der Waals surface area contributed by atoms with E-state index in [9.17, 15) is 0 Å². The molecule has 0 amide bonds. The van der Waals surface area contributed by atoms with E-state index in [1.807, 2.05) is 72.9 Å². The molecule has 4 heterocycles. The number of nitrogens with zero attached hydrogens (tertiary/aromatic N) is 6. The zero-order chi connectivity index (χ0) is 38.2. The van der Waals surface area contributed by atoms with Gasteiger partial charge in [0.15, 0.2) is 17.5 Å². The van der Waals surface area contributed by atoms with Gasteiger partial charge in [-0.1, -0.05) is 140 Å². The number of benzene rings is 8. The molecular weight excluding hydrogens is 709 g/mol. The summed E-state index contributed by atoms with van der Waals surface area (Å²) < 4.78 is 4.71. The summed E-state index contributed by atoms with van der Waals surface area (Å²) in [6.45, 7) is 0. The Labute approximate surface area is 333 Å². The average Bonchev–Trinajstić information content (AvgIpc) is 3.80. The summed E-state index contributed by atoms with van der Waals surface area (Å²) in [5.41, 5.74) is 8.28. The fraction of sp³-hybridized carbons (Fsp3) is 0. The Bertz CT molecular complexity index is 3500. The van der Waals surface area contributed by atoms with Gasteiger partial charge in [0.1, 0.15) is 5.82 Å². The molecule has 0 saturated carbocycles. The van der Waals surface area contributed by atoms with Crippen LogP contribution in [0, 0.1) is 0 Å². The Kier molecular flexibility index (Phi) is 7.13. The van der Waals surface area contributed by atoms with E-state index in [1.54, 1.807) is 0 Å². The fourth-order valence-corrected chi connectivity index (χ4v) is 8.80. The molecule has 0 aliphatic rings. The molecule has 0 unspecified atom stereocenters. The van der Waals surface area contributed by atoms with E-state index in [0.29, 0.717) is 17.5 Å². The van der Waals surface area contributed by atoms with Crippen LogP contribution in [0.25, 0.3) is 111 Å². The van der Waals surface area contributed by atoms with E-state index in [1.165, 1.54) is 32.3 Å². The Balaban J connectivity index is 1.18. The molecule has 0 atom stereocenters. The molecule has 58 heavy (non-hydrogen) atoms. The smallest absolute Gasteiger partial charge is 0.164 e. The number of aromatic nitrogens is 6. The van der Waals surface area contributed by atoms with Gasteiger partial charge in [0.05, 0.1) is 22.1 Å². The number of para-hydroxylation sites is 1. The molecule has 6 heteroatoms. The Morgan fingerprint density at radius 3 is 1.71 bits per heavy atom. The van der Waals surface area contributed by atoms with Crippen molar-refractivity contribution in [2.24, 2.45) is 0 Å². The zero-order valence-electron chi connectivity index (χ0n) is 31.2. The third-order valence-electron chi connectivity index (χ3n) is 11.4. The van der Waals surface area contributed by atoms with Crippen LogP contribution in [-0.4, -0.2) is 29.1 Å². The SMILES string of the molecule is c1ccc(-c2nc(-c3ccccc3)nc(-c3cc(-n4c5ccccc5c5cc6c7c8ccccc8ccc7n(-c7ccccn7)c6cc54)cc4ccccc34)n2)cc1. The van der Waals surface area contributed by atoms with Crippen molar-refractivity contribution in [1.82, 2.24) is 29.1 Å². The molecule has 4 aromatic heterocycles. The lowest BCUT2D eigenvalue weighted by Crippen LogP contribution is -2.02. The van der Waals surface area contributed by atoms with Gasteiger partial charge in [0.2, 0.25) is 0 Å². The molecule has 0 aliphatic carbocycles. The van der Waals surface area contributed by atoms with E-state index in [2.05, 4.69) is 130 Å². The molecule has 12 aromatic rings. The lowest BCUT2D eigenvalue weighted by molar-refractivity contribution is 1.07. The monoisotopic (exact) mass is 740 g/mol. The molecule has 0 saturated heterocycles. The first-order valence-corrected chi connectivity index (χ1v) is 19.5. The normalized spacial score (nSPS) is 11.8. The van der Waals surface area contributed by atoms with Crippen LogP contribution in [0.15, 0.2) is 194 Å². The lowest BCUT2D eigenvalue weighted by atomic mass is 10.0. The summed E-state index contributed by atoms with van der Waals surface area (Å²) in [6.07, 6.45) is 1.87. The minimum absolute atomic E-state index is 0.621. The predicted molar refractivity (Wildman–Crippen MR) is 238 cm³/mol. The van der Waals surface area contributed by atoms with Crippen molar-refractivity contribution < 1.29 is 0 Å². The van der Waals surface area contributed by atoms with Gasteiger partial charge in [-0.25, -0.2) is 19.9 Å². The number of hydrogen-bond donors (Lipinski definition) is 0. The molecular formula is C52H32N6. The highest BCUT2D eigenvalue weighted by molar-refractivity contribution is 6.25.